The van der Waals surface area contributed by atoms with Gasteiger partial charge in [-0.1, -0.05) is 13.0 Å². The Hall–Kier alpha value is -1.68. The van der Waals surface area contributed by atoms with Crippen molar-refractivity contribution in [2.24, 2.45) is 0 Å². The number of rotatable bonds is 6. The highest BCUT2D eigenvalue weighted by atomic mass is 15.3. The lowest BCUT2D eigenvalue weighted by molar-refractivity contribution is 0.267. The van der Waals surface area contributed by atoms with Crippen LogP contribution in [0.15, 0.2) is 18.2 Å². The summed E-state index contributed by atoms with van der Waals surface area (Å²) in [6, 6.07) is 6.22. The fourth-order valence-electron chi connectivity index (χ4n) is 2.69. The van der Waals surface area contributed by atoms with Crippen molar-refractivity contribution in [3.63, 3.8) is 0 Å². The summed E-state index contributed by atoms with van der Waals surface area (Å²) in [7, 11) is 0. The Labute approximate surface area is 127 Å². The van der Waals surface area contributed by atoms with Gasteiger partial charge < -0.3 is 0 Å². The van der Waals surface area contributed by atoms with E-state index in [0.717, 1.165) is 43.3 Å². The van der Waals surface area contributed by atoms with Crippen LogP contribution in [0.1, 0.15) is 42.2 Å². The maximum atomic E-state index is 4.61. The standard InChI is InChI=1S/C17H26N4/c1-6-20(11-16-10-8-9-13(3)18-16)12-17-14(4)19-21(7-2)15(17)5/h8-10H,6-7,11-12H2,1-5H3. The van der Waals surface area contributed by atoms with Gasteiger partial charge in [0.05, 0.1) is 11.4 Å². The highest BCUT2D eigenvalue weighted by molar-refractivity contribution is 5.24. The van der Waals surface area contributed by atoms with Crippen LogP contribution in [0.25, 0.3) is 0 Å². The van der Waals surface area contributed by atoms with Gasteiger partial charge >= 0.3 is 0 Å². The molecule has 4 heteroatoms. The van der Waals surface area contributed by atoms with Crippen LogP contribution in [0, 0.1) is 20.8 Å². The van der Waals surface area contributed by atoms with Gasteiger partial charge in [0.1, 0.15) is 0 Å². The minimum absolute atomic E-state index is 0.883. The summed E-state index contributed by atoms with van der Waals surface area (Å²) in [5.41, 5.74) is 5.99. The fourth-order valence-corrected chi connectivity index (χ4v) is 2.69. The highest BCUT2D eigenvalue weighted by Crippen LogP contribution is 2.17. The molecule has 0 N–H and O–H groups in total. The Morgan fingerprint density at radius 1 is 1.10 bits per heavy atom. The summed E-state index contributed by atoms with van der Waals surface area (Å²) in [6.45, 7) is 14.4. The molecule has 0 saturated heterocycles. The molecule has 2 aromatic heterocycles. The summed E-state index contributed by atoms with van der Waals surface area (Å²) < 4.78 is 2.09. The van der Waals surface area contributed by atoms with Gasteiger partial charge in [-0.2, -0.15) is 5.10 Å². The lowest BCUT2D eigenvalue weighted by Gasteiger charge is -2.20. The predicted molar refractivity (Wildman–Crippen MR) is 86.1 cm³/mol. The summed E-state index contributed by atoms with van der Waals surface area (Å²) in [5, 5.41) is 4.61. The van der Waals surface area contributed by atoms with Gasteiger partial charge in [-0.05, 0) is 46.4 Å². The average molecular weight is 286 g/mol. The molecule has 2 aromatic rings. The average Bonchev–Trinajstić information content (AvgIpc) is 2.73. The van der Waals surface area contributed by atoms with Crippen LogP contribution in [0.2, 0.25) is 0 Å². The largest absolute Gasteiger partial charge is 0.293 e. The van der Waals surface area contributed by atoms with E-state index in [4.69, 9.17) is 0 Å². The number of hydrogen-bond donors (Lipinski definition) is 0. The molecule has 0 unspecified atom stereocenters. The van der Waals surface area contributed by atoms with Crippen molar-refractivity contribution >= 4 is 0 Å². The zero-order valence-corrected chi connectivity index (χ0v) is 13.8. The third-order valence-corrected chi connectivity index (χ3v) is 3.99. The molecule has 0 aliphatic rings. The maximum absolute atomic E-state index is 4.61. The molecule has 2 rings (SSSR count). The quantitative estimate of drug-likeness (QED) is 0.817. The van der Waals surface area contributed by atoms with Gasteiger partial charge in [0.2, 0.25) is 0 Å². The van der Waals surface area contributed by atoms with Crippen molar-refractivity contribution in [1.82, 2.24) is 19.7 Å². The molecule has 0 radical (unpaired) electrons. The summed E-state index contributed by atoms with van der Waals surface area (Å²) >= 11 is 0. The van der Waals surface area contributed by atoms with Gasteiger partial charge in [-0.15, -0.1) is 0 Å². The van der Waals surface area contributed by atoms with E-state index in [9.17, 15) is 0 Å². The van der Waals surface area contributed by atoms with Crippen LogP contribution in [-0.2, 0) is 19.6 Å². The highest BCUT2D eigenvalue weighted by Gasteiger charge is 2.14. The minimum atomic E-state index is 0.883. The van der Waals surface area contributed by atoms with Crippen molar-refractivity contribution in [2.75, 3.05) is 6.54 Å². The molecule has 0 bridgehead atoms. The Balaban J connectivity index is 2.14. The smallest absolute Gasteiger partial charge is 0.0641 e. The Morgan fingerprint density at radius 2 is 1.86 bits per heavy atom. The van der Waals surface area contributed by atoms with Crippen molar-refractivity contribution < 1.29 is 0 Å². The molecular formula is C17H26N4. The molecule has 0 spiro atoms. The molecule has 0 atom stereocenters. The first kappa shape index (κ1) is 15.7. The normalized spacial score (nSPS) is 11.3. The molecule has 2 heterocycles. The van der Waals surface area contributed by atoms with Crippen molar-refractivity contribution in [2.45, 2.75) is 54.3 Å². The third-order valence-electron chi connectivity index (χ3n) is 3.99. The van der Waals surface area contributed by atoms with Crippen LogP contribution in [-0.4, -0.2) is 26.2 Å². The van der Waals surface area contributed by atoms with Crippen LogP contribution in [0.4, 0.5) is 0 Å². The Kier molecular flexibility index (Phi) is 5.12. The fraction of sp³-hybridized carbons (Fsp3) is 0.529. The number of hydrogen-bond acceptors (Lipinski definition) is 3. The topological polar surface area (TPSA) is 34.0 Å². The summed E-state index contributed by atoms with van der Waals surface area (Å²) in [4.78, 5) is 7.02. The van der Waals surface area contributed by atoms with E-state index >= 15 is 0 Å². The van der Waals surface area contributed by atoms with Crippen molar-refractivity contribution in [1.29, 1.82) is 0 Å². The lowest BCUT2D eigenvalue weighted by atomic mass is 10.1. The van der Waals surface area contributed by atoms with Gasteiger partial charge in [0.15, 0.2) is 0 Å². The van der Waals surface area contributed by atoms with Gasteiger partial charge in [0.25, 0.3) is 0 Å². The van der Waals surface area contributed by atoms with Crippen molar-refractivity contribution in [3.05, 3.63) is 46.5 Å². The zero-order valence-electron chi connectivity index (χ0n) is 13.8. The van der Waals surface area contributed by atoms with Crippen LogP contribution >= 0.6 is 0 Å². The summed E-state index contributed by atoms with van der Waals surface area (Å²) in [6.07, 6.45) is 0. The summed E-state index contributed by atoms with van der Waals surface area (Å²) in [5.74, 6) is 0. The molecule has 0 aromatic carbocycles. The molecule has 0 aliphatic carbocycles. The first-order valence-electron chi connectivity index (χ1n) is 7.72. The molecular weight excluding hydrogens is 260 g/mol. The van der Waals surface area contributed by atoms with Gasteiger partial charge in [-0.25, -0.2) is 0 Å². The second-order valence-electron chi connectivity index (χ2n) is 5.54. The van der Waals surface area contributed by atoms with E-state index in [-0.39, 0.29) is 0 Å². The molecule has 21 heavy (non-hydrogen) atoms. The van der Waals surface area contributed by atoms with E-state index in [1.165, 1.54) is 11.3 Å². The molecule has 0 fully saturated rings. The van der Waals surface area contributed by atoms with E-state index in [0.29, 0.717) is 0 Å². The van der Waals surface area contributed by atoms with Gasteiger partial charge in [-0.3, -0.25) is 14.6 Å². The third kappa shape index (κ3) is 3.70. The second kappa shape index (κ2) is 6.85. The predicted octanol–water partition coefficient (Wildman–Crippen LogP) is 3.25. The van der Waals surface area contributed by atoms with E-state index < -0.39 is 0 Å². The molecule has 0 amide bonds. The number of aromatic nitrogens is 3. The van der Waals surface area contributed by atoms with Crippen LogP contribution < -0.4 is 0 Å². The second-order valence-corrected chi connectivity index (χ2v) is 5.54. The number of aryl methyl sites for hydroxylation is 3. The number of pyridine rings is 1. The Bertz CT molecular complexity index is 601. The van der Waals surface area contributed by atoms with Gasteiger partial charge in [0, 0.05) is 36.6 Å². The SMILES string of the molecule is CCN(Cc1cccc(C)n1)Cc1c(C)nn(CC)c1C. The van der Waals surface area contributed by atoms with Crippen molar-refractivity contribution in [3.8, 4) is 0 Å². The first-order chi connectivity index (χ1) is 10.0. The number of nitrogens with zero attached hydrogens (tertiary/aromatic N) is 4. The molecule has 114 valence electrons. The molecule has 0 saturated carbocycles. The maximum Gasteiger partial charge on any atom is 0.0641 e. The molecule has 4 nitrogen and oxygen atoms in total. The van der Waals surface area contributed by atoms with E-state index in [1.807, 2.05) is 13.0 Å². The monoisotopic (exact) mass is 286 g/mol. The zero-order chi connectivity index (χ0) is 15.4. The molecule has 0 aliphatic heterocycles. The lowest BCUT2D eigenvalue weighted by Crippen LogP contribution is -2.23. The van der Waals surface area contributed by atoms with E-state index in [1.54, 1.807) is 0 Å². The van der Waals surface area contributed by atoms with Crippen LogP contribution in [0.5, 0.6) is 0 Å². The van der Waals surface area contributed by atoms with E-state index in [2.05, 4.69) is 59.5 Å². The minimum Gasteiger partial charge on any atom is -0.293 e. The Morgan fingerprint density at radius 3 is 2.43 bits per heavy atom. The van der Waals surface area contributed by atoms with Crippen LogP contribution in [0.3, 0.4) is 0 Å². The first-order valence-corrected chi connectivity index (χ1v) is 7.72.